The van der Waals surface area contributed by atoms with Gasteiger partial charge in [-0.3, -0.25) is 9.78 Å². The van der Waals surface area contributed by atoms with Crippen molar-refractivity contribution in [2.45, 2.75) is 32.0 Å². The molecule has 0 aliphatic carbocycles. The van der Waals surface area contributed by atoms with Gasteiger partial charge in [0.1, 0.15) is 5.78 Å². The van der Waals surface area contributed by atoms with Crippen molar-refractivity contribution in [2.24, 2.45) is 0 Å². The van der Waals surface area contributed by atoms with Gasteiger partial charge in [0.15, 0.2) is 0 Å². The molecular formula is C11H14N2O2. The maximum atomic E-state index is 11.4. The molecule has 80 valence electrons. The summed E-state index contributed by atoms with van der Waals surface area (Å²) in [7, 11) is 0. The summed E-state index contributed by atoms with van der Waals surface area (Å²) in [5, 5.41) is 0. The van der Waals surface area contributed by atoms with E-state index in [0.717, 1.165) is 5.56 Å². The molecule has 1 aromatic rings. The highest BCUT2D eigenvalue weighted by molar-refractivity contribution is 5.80. The average Bonchev–Trinajstić information content (AvgIpc) is 2.16. The summed E-state index contributed by atoms with van der Waals surface area (Å²) in [5.74, 6) is 0.231. The lowest BCUT2D eigenvalue weighted by Crippen LogP contribution is -2.26. The third-order valence-corrected chi connectivity index (χ3v) is 2.56. The van der Waals surface area contributed by atoms with Crippen LogP contribution < -0.4 is 5.73 Å². The number of anilines is 1. The van der Waals surface area contributed by atoms with Crippen molar-refractivity contribution >= 4 is 11.5 Å². The Balaban J connectivity index is 2.23. The number of pyridine rings is 1. The summed E-state index contributed by atoms with van der Waals surface area (Å²) in [4.78, 5) is 15.3. The van der Waals surface area contributed by atoms with Crippen LogP contribution in [0.5, 0.6) is 0 Å². The minimum Gasteiger partial charge on any atom is -0.397 e. The Labute approximate surface area is 88.4 Å². The number of rotatable bonds is 1. The number of carbonyl (C=O) groups excluding carboxylic acids is 1. The third-order valence-electron chi connectivity index (χ3n) is 2.56. The molecule has 0 saturated carbocycles. The summed E-state index contributed by atoms with van der Waals surface area (Å²) in [6, 6.07) is 1.81. The number of aromatic nitrogens is 1. The average molecular weight is 206 g/mol. The second-order valence-electron chi connectivity index (χ2n) is 3.89. The molecule has 0 spiro atoms. The van der Waals surface area contributed by atoms with E-state index in [1.165, 1.54) is 0 Å². The van der Waals surface area contributed by atoms with Crippen molar-refractivity contribution < 1.29 is 9.53 Å². The first-order valence-electron chi connectivity index (χ1n) is 5.03. The Morgan fingerprint density at radius 1 is 1.53 bits per heavy atom. The van der Waals surface area contributed by atoms with Crippen molar-refractivity contribution in [1.82, 2.24) is 4.98 Å². The highest BCUT2D eigenvalue weighted by Crippen LogP contribution is 2.31. The SMILES string of the molecule is CC1CC(=O)CC(c2ccncc2N)O1. The van der Waals surface area contributed by atoms with Gasteiger partial charge in [-0.05, 0) is 13.0 Å². The largest absolute Gasteiger partial charge is 0.397 e. The van der Waals surface area contributed by atoms with Gasteiger partial charge in [0, 0.05) is 24.6 Å². The number of Topliss-reactive ketones (excluding diaryl/α,β-unsaturated/α-hetero) is 1. The van der Waals surface area contributed by atoms with E-state index in [1.54, 1.807) is 12.4 Å². The Morgan fingerprint density at radius 2 is 2.33 bits per heavy atom. The number of ketones is 1. The molecule has 15 heavy (non-hydrogen) atoms. The van der Waals surface area contributed by atoms with Crippen LogP contribution in [0.3, 0.4) is 0 Å². The highest BCUT2D eigenvalue weighted by atomic mass is 16.5. The molecule has 1 fully saturated rings. The second kappa shape index (κ2) is 3.98. The van der Waals surface area contributed by atoms with Gasteiger partial charge in [-0.2, -0.15) is 0 Å². The van der Waals surface area contributed by atoms with Crippen LogP contribution in [0.15, 0.2) is 18.5 Å². The smallest absolute Gasteiger partial charge is 0.138 e. The molecule has 2 N–H and O–H groups in total. The Bertz CT molecular complexity index is 379. The summed E-state index contributed by atoms with van der Waals surface area (Å²) >= 11 is 0. The number of nitrogens with two attached hydrogens (primary N) is 1. The van der Waals surface area contributed by atoms with E-state index in [4.69, 9.17) is 10.5 Å². The van der Waals surface area contributed by atoms with Crippen LogP contribution in [0.1, 0.15) is 31.4 Å². The quantitative estimate of drug-likeness (QED) is 0.755. The first kappa shape index (κ1) is 10.1. The number of nitrogen functional groups attached to an aromatic ring is 1. The van der Waals surface area contributed by atoms with Gasteiger partial charge in [0.2, 0.25) is 0 Å². The molecule has 2 unspecified atom stereocenters. The number of ether oxygens (including phenoxy) is 1. The molecule has 4 nitrogen and oxygen atoms in total. The first-order valence-corrected chi connectivity index (χ1v) is 5.03. The standard InChI is InChI=1S/C11H14N2O2/c1-7-4-8(14)5-11(15-7)9-2-3-13-6-10(9)12/h2-3,6-7,11H,4-5,12H2,1H3. The zero-order valence-corrected chi connectivity index (χ0v) is 8.64. The van der Waals surface area contributed by atoms with Crippen molar-refractivity contribution in [3.05, 3.63) is 24.0 Å². The predicted molar refractivity (Wildman–Crippen MR) is 56.2 cm³/mol. The van der Waals surface area contributed by atoms with Crippen molar-refractivity contribution in [3.63, 3.8) is 0 Å². The van der Waals surface area contributed by atoms with E-state index in [2.05, 4.69) is 4.98 Å². The minimum atomic E-state index is -0.204. The Morgan fingerprint density at radius 3 is 3.00 bits per heavy atom. The van der Waals surface area contributed by atoms with E-state index in [0.29, 0.717) is 18.5 Å². The topological polar surface area (TPSA) is 65.2 Å². The molecule has 4 heteroatoms. The molecule has 2 heterocycles. The molecule has 0 radical (unpaired) electrons. The van der Waals surface area contributed by atoms with Crippen molar-refractivity contribution in [1.29, 1.82) is 0 Å². The normalized spacial score (nSPS) is 26.6. The van der Waals surface area contributed by atoms with Crippen LogP contribution in [0, 0.1) is 0 Å². The molecule has 1 saturated heterocycles. The van der Waals surface area contributed by atoms with Gasteiger partial charge in [-0.1, -0.05) is 0 Å². The molecule has 0 amide bonds. The third kappa shape index (κ3) is 2.15. The summed E-state index contributed by atoms with van der Waals surface area (Å²) in [6.45, 7) is 1.90. The van der Waals surface area contributed by atoms with Crippen molar-refractivity contribution in [2.75, 3.05) is 5.73 Å². The van der Waals surface area contributed by atoms with Crippen molar-refractivity contribution in [3.8, 4) is 0 Å². The van der Waals surface area contributed by atoms with Crippen LogP contribution >= 0.6 is 0 Å². The predicted octanol–water partition coefficient (Wildman–Crippen LogP) is 1.47. The molecule has 1 aliphatic rings. The van der Waals surface area contributed by atoms with Crippen LogP contribution in [0.2, 0.25) is 0 Å². The summed E-state index contributed by atoms with van der Waals surface area (Å²) < 4.78 is 5.69. The molecule has 1 aliphatic heterocycles. The van der Waals surface area contributed by atoms with E-state index in [-0.39, 0.29) is 18.0 Å². The molecule has 0 aromatic carbocycles. The van der Waals surface area contributed by atoms with E-state index in [1.807, 2.05) is 13.0 Å². The lowest BCUT2D eigenvalue weighted by molar-refractivity contribution is -0.134. The van der Waals surface area contributed by atoms with Crippen LogP contribution in [-0.2, 0) is 9.53 Å². The molecule has 0 bridgehead atoms. The minimum absolute atomic E-state index is 0.0242. The summed E-state index contributed by atoms with van der Waals surface area (Å²) in [5.41, 5.74) is 7.24. The molecule has 2 rings (SSSR count). The number of hydrogen-bond donors (Lipinski definition) is 1. The van der Waals surface area contributed by atoms with E-state index >= 15 is 0 Å². The lowest BCUT2D eigenvalue weighted by Gasteiger charge is -2.27. The summed E-state index contributed by atoms with van der Waals surface area (Å²) in [6.07, 6.45) is 3.94. The Hall–Kier alpha value is -1.42. The fourth-order valence-corrected chi connectivity index (χ4v) is 1.88. The Kier molecular flexibility index (Phi) is 2.68. The van der Waals surface area contributed by atoms with E-state index < -0.39 is 0 Å². The number of nitrogens with zero attached hydrogens (tertiary/aromatic N) is 1. The van der Waals surface area contributed by atoms with Crippen LogP contribution in [0.25, 0.3) is 0 Å². The number of carbonyl (C=O) groups is 1. The van der Waals surface area contributed by atoms with Crippen LogP contribution in [0.4, 0.5) is 5.69 Å². The van der Waals surface area contributed by atoms with Gasteiger partial charge >= 0.3 is 0 Å². The van der Waals surface area contributed by atoms with Gasteiger partial charge in [0.25, 0.3) is 0 Å². The van der Waals surface area contributed by atoms with Crippen LogP contribution in [-0.4, -0.2) is 16.9 Å². The molecule has 2 atom stereocenters. The highest BCUT2D eigenvalue weighted by Gasteiger charge is 2.27. The maximum absolute atomic E-state index is 11.4. The van der Waals surface area contributed by atoms with Gasteiger partial charge < -0.3 is 10.5 Å². The second-order valence-corrected chi connectivity index (χ2v) is 3.89. The molecular weight excluding hydrogens is 192 g/mol. The number of hydrogen-bond acceptors (Lipinski definition) is 4. The fourth-order valence-electron chi connectivity index (χ4n) is 1.88. The maximum Gasteiger partial charge on any atom is 0.138 e. The fraction of sp³-hybridized carbons (Fsp3) is 0.455. The monoisotopic (exact) mass is 206 g/mol. The van der Waals surface area contributed by atoms with Gasteiger partial charge in [-0.15, -0.1) is 0 Å². The van der Waals surface area contributed by atoms with Gasteiger partial charge in [-0.25, -0.2) is 0 Å². The zero-order chi connectivity index (χ0) is 10.8. The van der Waals surface area contributed by atoms with E-state index in [9.17, 15) is 4.79 Å². The molecule has 1 aromatic heterocycles. The van der Waals surface area contributed by atoms with Gasteiger partial charge in [0.05, 0.1) is 24.1 Å². The zero-order valence-electron chi connectivity index (χ0n) is 8.64. The first-order chi connectivity index (χ1) is 7.16. The lowest BCUT2D eigenvalue weighted by atomic mass is 9.98.